The average molecular weight is 371 g/mol. The van der Waals surface area contributed by atoms with Gasteiger partial charge in [-0.2, -0.15) is 5.10 Å². The third-order valence-electron chi connectivity index (χ3n) is 2.41. The number of H-pyrrole nitrogens is 1. The molecule has 0 amide bonds. The lowest BCUT2D eigenvalue weighted by Crippen LogP contribution is -1.91. The number of halogens is 1. The van der Waals surface area contributed by atoms with Crippen LogP contribution >= 0.6 is 35.1 Å². The molecule has 0 saturated carbocycles. The molecule has 0 radical (unpaired) electrons. The molecule has 3 rings (SSSR count). The van der Waals surface area contributed by atoms with Crippen LogP contribution in [0.4, 0.5) is 0 Å². The quantitative estimate of drug-likeness (QED) is 0.324. The zero-order chi connectivity index (χ0) is 15.9. The molecule has 10 heteroatoms. The molecule has 23 heavy (non-hydrogen) atoms. The van der Waals surface area contributed by atoms with Crippen LogP contribution in [-0.4, -0.2) is 48.9 Å². The number of fused-ring (bicyclic) bond motifs is 1. The van der Waals surface area contributed by atoms with Gasteiger partial charge < -0.3 is 0 Å². The number of aromatic nitrogens is 6. The molecule has 3 heterocycles. The summed E-state index contributed by atoms with van der Waals surface area (Å²) in [6.45, 7) is 0. The molecule has 3 aromatic heterocycles. The molecule has 0 unspecified atom stereocenters. The fraction of sp³-hybridized carbons (Fsp3) is 0.231. The van der Waals surface area contributed by atoms with Crippen molar-refractivity contribution >= 4 is 52.4 Å². The number of nitrogens with zero attached hydrogens (tertiary/aromatic N) is 5. The Kier molecular flexibility index (Phi) is 7.93. The largest absolute Gasteiger partial charge is 0.298 e. The van der Waals surface area contributed by atoms with Gasteiger partial charge in [-0.25, -0.2) is 19.9 Å². The van der Waals surface area contributed by atoms with E-state index < -0.39 is 0 Å². The van der Waals surface area contributed by atoms with Gasteiger partial charge in [-0.15, -0.1) is 0 Å². The second-order valence-corrected chi connectivity index (χ2v) is 5.66. The zero-order valence-corrected chi connectivity index (χ0v) is 14.0. The van der Waals surface area contributed by atoms with Crippen molar-refractivity contribution < 1.29 is 4.79 Å². The molecule has 7 nitrogen and oxygen atoms in total. The Labute approximate surface area is 147 Å². The van der Waals surface area contributed by atoms with Gasteiger partial charge in [-0.3, -0.25) is 9.89 Å². The Bertz CT molecular complexity index is 782. The SMILES string of the molecule is C.CSc1ncc(C=O)c(Cl)n1.CSc1ncc2cn[nH]c2n1. The van der Waals surface area contributed by atoms with Gasteiger partial charge in [-0.1, -0.05) is 42.6 Å². The van der Waals surface area contributed by atoms with Crippen LogP contribution in [0.15, 0.2) is 28.9 Å². The fourth-order valence-electron chi connectivity index (χ4n) is 1.35. The summed E-state index contributed by atoms with van der Waals surface area (Å²) in [4.78, 5) is 26.2. The van der Waals surface area contributed by atoms with E-state index in [1.165, 1.54) is 29.7 Å². The summed E-state index contributed by atoms with van der Waals surface area (Å²) in [5.41, 5.74) is 1.12. The highest BCUT2D eigenvalue weighted by molar-refractivity contribution is 7.98. The number of aromatic amines is 1. The molecule has 0 fully saturated rings. The first-order valence-electron chi connectivity index (χ1n) is 5.89. The van der Waals surface area contributed by atoms with Gasteiger partial charge in [0.25, 0.3) is 0 Å². The van der Waals surface area contributed by atoms with E-state index in [2.05, 4.69) is 30.1 Å². The van der Waals surface area contributed by atoms with E-state index in [-0.39, 0.29) is 12.6 Å². The Morgan fingerprint density at radius 2 is 1.74 bits per heavy atom. The first kappa shape index (κ1) is 19.3. The number of thioether (sulfide) groups is 2. The van der Waals surface area contributed by atoms with Gasteiger partial charge >= 0.3 is 0 Å². The zero-order valence-electron chi connectivity index (χ0n) is 11.6. The Balaban J connectivity index is 0.000000220. The van der Waals surface area contributed by atoms with Crippen molar-refractivity contribution in [3.8, 4) is 0 Å². The highest BCUT2D eigenvalue weighted by Crippen LogP contribution is 2.14. The van der Waals surface area contributed by atoms with E-state index in [0.29, 0.717) is 17.0 Å². The summed E-state index contributed by atoms with van der Waals surface area (Å²) in [7, 11) is 0. The van der Waals surface area contributed by atoms with Crippen molar-refractivity contribution in [2.45, 2.75) is 17.7 Å². The van der Waals surface area contributed by atoms with Crippen LogP contribution in [0.2, 0.25) is 5.15 Å². The maximum absolute atomic E-state index is 10.3. The number of carbonyl (C=O) groups excluding carboxylic acids is 1. The number of aldehydes is 1. The minimum absolute atomic E-state index is 0. The van der Waals surface area contributed by atoms with Crippen molar-refractivity contribution in [1.29, 1.82) is 0 Å². The summed E-state index contributed by atoms with van der Waals surface area (Å²) in [5, 5.41) is 9.11. The number of carbonyl (C=O) groups is 1. The number of hydrogen-bond donors (Lipinski definition) is 1. The van der Waals surface area contributed by atoms with Crippen molar-refractivity contribution in [2.75, 3.05) is 12.5 Å². The lowest BCUT2D eigenvalue weighted by molar-refractivity contribution is 0.112. The van der Waals surface area contributed by atoms with Crippen LogP contribution in [0.5, 0.6) is 0 Å². The monoisotopic (exact) mass is 370 g/mol. The molecule has 0 bridgehead atoms. The lowest BCUT2D eigenvalue weighted by Gasteiger charge is -1.95. The highest BCUT2D eigenvalue weighted by Gasteiger charge is 2.02. The van der Waals surface area contributed by atoms with Crippen molar-refractivity contribution in [2.24, 2.45) is 0 Å². The highest BCUT2D eigenvalue weighted by atomic mass is 35.5. The van der Waals surface area contributed by atoms with Crippen LogP contribution in [-0.2, 0) is 0 Å². The van der Waals surface area contributed by atoms with Crippen LogP contribution in [0.1, 0.15) is 17.8 Å². The topological polar surface area (TPSA) is 97.3 Å². The van der Waals surface area contributed by atoms with Gasteiger partial charge in [0.1, 0.15) is 5.15 Å². The van der Waals surface area contributed by atoms with Crippen molar-refractivity contribution in [3.05, 3.63) is 29.3 Å². The summed E-state index contributed by atoms with van der Waals surface area (Å²) in [6.07, 6.45) is 9.29. The molecule has 122 valence electrons. The smallest absolute Gasteiger partial charge is 0.189 e. The average Bonchev–Trinajstić information content (AvgIpc) is 3.02. The van der Waals surface area contributed by atoms with Crippen LogP contribution in [0.3, 0.4) is 0 Å². The molecular weight excluding hydrogens is 356 g/mol. The maximum Gasteiger partial charge on any atom is 0.189 e. The van der Waals surface area contributed by atoms with E-state index in [1.54, 1.807) is 12.4 Å². The van der Waals surface area contributed by atoms with Gasteiger partial charge in [0.05, 0.1) is 17.1 Å². The Morgan fingerprint density at radius 1 is 1.09 bits per heavy atom. The molecule has 0 aliphatic heterocycles. The van der Waals surface area contributed by atoms with E-state index in [0.717, 1.165) is 16.2 Å². The normalized spacial score (nSPS) is 9.70. The third kappa shape index (κ3) is 5.15. The number of rotatable bonds is 3. The summed E-state index contributed by atoms with van der Waals surface area (Å²) in [6, 6.07) is 0. The Hall–Kier alpha value is -1.71. The minimum atomic E-state index is 0. The molecular formula is C13H15ClN6OS2. The molecule has 0 spiro atoms. The molecule has 3 aromatic rings. The van der Waals surface area contributed by atoms with Gasteiger partial charge in [-0.05, 0) is 12.5 Å². The summed E-state index contributed by atoms with van der Waals surface area (Å²) >= 11 is 8.51. The molecule has 1 N–H and O–H groups in total. The summed E-state index contributed by atoms with van der Waals surface area (Å²) in [5.74, 6) is 0. The van der Waals surface area contributed by atoms with E-state index >= 15 is 0 Å². The van der Waals surface area contributed by atoms with Crippen LogP contribution in [0, 0.1) is 0 Å². The molecule has 0 aliphatic carbocycles. The lowest BCUT2D eigenvalue weighted by atomic mass is 10.4. The second-order valence-electron chi connectivity index (χ2n) is 3.75. The van der Waals surface area contributed by atoms with E-state index in [9.17, 15) is 4.79 Å². The fourth-order valence-corrected chi connectivity index (χ4v) is 2.26. The van der Waals surface area contributed by atoms with Gasteiger partial charge in [0.15, 0.2) is 22.2 Å². The van der Waals surface area contributed by atoms with Gasteiger partial charge in [0.2, 0.25) is 0 Å². The van der Waals surface area contributed by atoms with Gasteiger partial charge in [0, 0.05) is 12.4 Å². The summed E-state index contributed by atoms with van der Waals surface area (Å²) < 4.78 is 0. The predicted octanol–water partition coefficient (Wildman–Crippen LogP) is 3.38. The number of hydrogen-bond acceptors (Lipinski definition) is 8. The standard InChI is InChI=1S/C6H5ClN2OS.C6H6N4S.CH4/c1-11-6-8-2-4(3-10)5(7)9-6;1-11-6-7-2-4-3-8-10-5(4)9-6;/h2-3H,1H3;2-3H,1H3,(H,7,8,9,10);1H4. The first-order chi connectivity index (χ1) is 10.7. The first-order valence-corrected chi connectivity index (χ1v) is 8.72. The van der Waals surface area contributed by atoms with Crippen molar-refractivity contribution in [3.63, 3.8) is 0 Å². The van der Waals surface area contributed by atoms with Crippen molar-refractivity contribution in [1.82, 2.24) is 30.1 Å². The van der Waals surface area contributed by atoms with E-state index in [4.69, 9.17) is 11.6 Å². The predicted molar refractivity (Wildman–Crippen MR) is 94.4 cm³/mol. The molecule has 0 atom stereocenters. The van der Waals surface area contributed by atoms with E-state index in [1.807, 2.05) is 12.5 Å². The third-order valence-corrected chi connectivity index (χ3v) is 3.83. The molecule has 0 aliphatic rings. The van der Waals surface area contributed by atoms with Crippen LogP contribution in [0.25, 0.3) is 11.0 Å². The second kappa shape index (κ2) is 9.43. The van der Waals surface area contributed by atoms with Crippen LogP contribution < -0.4 is 0 Å². The molecule has 0 aromatic carbocycles. The number of nitrogens with one attached hydrogen (secondary N) is 1. The maximum atomic E-state index is 10.3. The molecule has 0 saturated heterocycles. The Morgan fingerprint density at radius 3 is 2.35 bits per heavy atom. The minimum Gasteiger partial charge on any atom is -0.298 e.